The molecule has 1 heterocycles. The van der Waals surface area contributed by atoms with Crippen molar-refractivity contribution in [3.63, 3.8) is 0 Å². The summed E-state index contributed by atoms with van der Waals surface area (Å²) in [4.78, 5) is 2.13. The van der Waals surface area contributed by atoms with E-state index in [2.05, 4.69) is 10.2 Å². The molecule has 0 aliphatic carbocycles. The quantitative estimate of drug-likeness (QED) is 0.837. The lowest BCUT2D eigenvalue weighted by Gasteiger charge is -2.39. The summed E-state index contributed by atoms with van der Waals surface area (Å²) in [5.74, 6) is -0.347. The molecule has 1 fully saturated rings. The van der Waals surface area contributed by atoms with E-state index in [1.54, 1.807) is 6.07 Å². The van der Waals surface area contributed by atoms with Crippen LogP contribution in [0.4, 0.5) is 10.1 Å². The molecule has 1 aromatic rings. The van der Waals surface area contributed by atoms with E-state index in [-0.39, 0.29) is 5.82 Å². The summed E-state index contributed by atoms with van der Waals surface area (Å²) < 4.78 is 13.3. The molecule has 1 saturated heterocycles. The van der Waals surface area contributed by atoms with E-state index < -0.39 is 0 Å². The van der Waals surface area contributed by atoms with E-state index in [9.17, 15) is 4.39 Å². The third-order valence-corrected chi connectivity index (χ3v) is 2.88. The molecule has 0 spiro atoms. The highest BCUT2D eigenvalue weighted by molar-refractivity contribution is 5.53. The highest BCUT2D eigenvalue weighted by Gasteiger charge is 2.24. The Bertz CT molecular complexity index is 421. The van der Waals surface area contributed by atoms with Gasteiger partial charge in [0.1, 0.15) is 5.82 Å². The van der Waals surface area contributed by atoms with E-state index in [1.807, 2.05) is 13.0 Å². The summed E-state index contributed by atoms with van der Waals surface area (Å²) >= 11 is 0. The minimum absolute atomic E-state index is 0.347. The van der Waals surface area contributed by atoms with Crippen LogP contribution in [0.1, 0.15) is 12.5 Å². The number of nitrogens with one attached hydrogen (secondary N) is 1. The molecule has 0 radical (unpaired) electrons. The predicted molar refractivity (Wildman–Crippen MR) is 60.8 cm³/mol. The van der Waals surface area contributed by atoms with Gasteiger partial charge in [0.05, 0.1) is 17.7 Å². The Morgan fingerprint density at radius 1 is 1.50 bits per heavy atom. The first-order valence-electron chi connectivity index (χ1n) is 5.42. The molecule has 1 aliphatic rings. The topological polar surface area (TPSA) is 39.1 Å². The van der Waals surface area contributed by atoms with Crippen molar-refractivity contribution in [2.45, 2.75) is 13.0 Å². The van der Waals surface area contributed by atoms with Crippen LogP contribution in [-0.4, -0.2) is 25.7 Å². The fourth-order valence-corrected chi connectivity index (χ4v) is 1.95. The molecule has 16 heavy (non-hydrogen) atoms. The Morgan fingerprint density at radius 2 is 2.25 bits per heavy atom. The summed E-state index contributed by atoms with van der Waals surface area (Å²) in [6, 6.07) is 6.88. The van der Waals surface area contributed by atoms with Gasteiger partial charge >= 0.3 is 0 Å². The van der Waals surface area contributed by atoms with Crippen LogP contribution in [-0.2, 0) is 0 Å². The zero-order chi connectivity index (χ0) is 11.5. The summed E-state index contributed by atoms with van der Waals surface area (Å²) in [6.45, 7) is 4.70. The number of likely N-dealkylation sites (N-methyl/N-ethyl adjacent to an activating group) is 1. The minimum atomic E-state index is -0.347. The van der Waals surface area contributed by atoms with Crippen molar-refractivity contribution in [3.8, 4) is 6.07 Å². The van der Waals surface area contributed by atoms with Crippen LogP contribution in [0.15, 0.2) is 18.2 Å². The molecule has 0 saturated carbocycles. The zero-order valence-electron chi connectivity index (χ0n) is 9.20. The minimum Gasteiger partial charge on any atom is -0.366 e. The molecule has 0 aromatic heterocycles. The summed E-state index contributed by atoms with van der Waals surface area (Å²) in [5.41, 5.74) is 1.17. The molecule has 84 valence electrons. The molecular weight excluding hydrogens is 205 g/mol. The van der Waals surface area contributed by atoms with Crippen molar-refractivity contribution < 1.29 is 4.39 Å². The maximum Gasteiger partial charge on any atom is 0.126 e. The summed E-state index contributed by atoms with van der Waals surface area (Å²) in [6.07, 6.45) is 0. The summed E-state index contributed by atoms with van der Waals surface area (Å²) in [5, 5.41) is 12.0. The highest BCUT2D eigenvalue weighted by atomic mass is 19.1. The van der Waals surface area contributed by atoms with Gasteiger partial charge in [-0.3, -0.25) is 0 Å². The number of anilines is 1. The second kappa shape index (κ2) is 4.50. The van der Waals surface area contributed by atoms with Crippen LogP contribution < -0.4 is 10.2 Å². The number of halogens is 1. The lowest BCUT2D eigenvalue weighted by Crippen LogP contribution is -2.57. The molecule has 0 unspecified atom stereocenters. The van der Waals surface area contributed by atoms with Gasteiger partial charge < -0.3 is 10.2 Å². The third kappa shape index (κ3) is 2.00. The van der Waals surface area contributed by atoms with Crippen molar-refractivity contribution in [1.82, 2.24) is 5.32 Å². The molecular formula is C12H14FN3. The van der Waals surface area contributed by atoms with E-state index in [4.69, 9.17) is 5.26 Å². The lowest BCUT2D eigenvalue weighted by atomic mass is 10.1. The highest BCUT2D eigenvalue weighted by Crippen LogP contribution is 2.21. The lowest BCUT2D eigenvalue weighted by molar-refractivity contribution is 0.417. The van der Waals surface area contributed by atoms with Crippen LogP contribution in [0.3, 0.4) is 0 Å². The monoisotopic (exact) mass is 219 g/mol. The molecule has 0 atom stereocenters. The molecule has 3 nitrogen and oxygen atoms in total. The molecule has 1 aromatic carbocycles. The largest absolute Gasteiger partial charge is 0.366 e. The van der Waals surface area contributed by atoms with Crippen molar-refractivity contribution in [1.29, 1.82) is 5.26 Å². The fourth-order valence-electron chi connectivity index (χ4n) is 1.95. The first kappa shape index (κ1) is 10.9. The fraction of sp³-hybridized carbons (Fsp3) is 0.417. The second-order valence-electron chi connectivity index (χ2n) is 3.91. The number of nitrogens with zero attached hydrogens (tertiary/aromatic N) is 2. The van der Waals surface area contributed by atoms with E-state index >= 15 is 0 Å². The predicted octanol–water partition coefficient (Wildman–Crippen LogP) is 1.50. The Labute approximate surface area is 94.5 Å². The third-order valence-electron chi connectivity index (χ3n) is 2.88. The Hall–Kier alpha value is -1.60. The van der Waals surface area contributed by atoms with Crippen LogP contribution in [0.2, 0.25) is 0 Å². The number of benzene rings is 1. The number of nitriles is 1. The molecule has 1 aliphatic heterocycles. The Balaban J connectivity index is 2.30. The SMILES string of the molecule is CCN(c1cc(F)cc(C#N)c1)C1CNC1. The van der Waals surface area contributed by atoms with Crippen molar-refractivity contribution in [2.75, 3.05) is 24.5 Å². The number of hydrogen-bond donors (Lipinski definition) is 1. The zero-order valence-corrected chi connectivity index (χ0v) is 9.20. The molecule has 1 N–H and O–H groups in total. The van der Waals surface area contributed by atoms with Gasteiger partial charge in [-0.2, -0.15) is 5.26 Å². The standard InChI is InChI=1S/C12H14FN3/c1-2-16(12-7-15-8-12)11-4-9(6-14)3-10(13)5-11/h3-5,12,15H,2,7-8H2,1H3. The van der Waals surface area contributed by atoms with Crippen molar-refractivity contribution >= 4 is 5.69 Å². The number of rotatable bonds is 3. The maximum absolute atomic E-state index is 13.3. The molecule has 0 bridgehead atoms. The maximum atomic E-state index is 13.3. The Kier molecular flexibility index (Phi) is 3.07. The summed E-state index contributed by atoms with van der Waals surface area (Å²) in [7, 11) is 0. The normalized spacial score (nSPS) is 15.3. The first-order chi connectivity index (χ1) is 7.74. The van der Waals surface area contributed by atoms with E-state index in [0.29, 0.717) is 11.6 Å². The Morgan fingerprint density at radius 3 is 2.75 bits per heavy atom. The van der Waals surface area contributed by atoms with Gasteiger partial charge in [0, 0.05) is 25.3 Å². The first-order valence-corrected chi connectivity index (χ1v) is 5.42. The van der Waals surface area contributed by atoms with Gasteiger partial charge in [-0.15, -0.1) is 0 Å². The van der Waals surface area contributed by atoms with E-state index in [0.717, 1.165) is 25.3 Å². The van der Waals surface area contributed by atoms with Gasteiger partial charge in [-0.05, 0) is 25.1 Å². The van der Waals surface area contributed by atoms with Crippen LogP contribution >= 0.6 is 0 Å². The molecule has 4 heteroatoms. The average Bonchev–Trinajstić information content (AvgIpc) is 2.22. The van der Waals surface area contributed by atoms with Crippen LogP contribution in [0.25, 0.3) is 0 Å². The van der Waals surface area contributed by atoms with Crippen LogP contribution in [0.5, 0.6) is 0 Å². The average molecular weight is 219 g/mol. The van der Waals surface area contributed by atoms with Gasteiger partial charge in [0.15, 0.2) is 0 Å². The van der Waals surface area contributed by atoms with Crippen molar-refractivity contribution in [2.24, 2.45) is 0 Å². The number of hydrogen-bond acceptors (Lipinski definition) is 3. The van der Waals surface area contributed by atoms with Gasteiger partial charge in [0.2, 0.25) is 0 Å². The van der Waals surface area contributed by atoms with Crippen molar-refractivity contribution in [3.05, 3.63) is 29.6 Å². The van der Waals surface area contributed by atoms with E-state index in [1.165, 1.54) is 12.1 Å². The molecule has 2 rings (SSSR count). The second-order valence-corrected chi connectivity index (χ2v) is 3.91. The van der Waals surface area contributed by atoms with Gasteiger partial charge in [-0.25, -0.2) is 4.39 Å². The molecule has 0 amide bonds. The van der Waals surface area contributed by atoms with Gasteiger partial charge in [0.25, 0.3) is 0 Å². The van der Waals surface area contributed by atoms with Crippen LogP contribution in [0, 0.1) is 17.1 Å². The van der Waals surface area contributed by atoms with Gasteiger partial charge in [-0.1, -0.05) is 0 Å². The smallest absolute Gasteiger partial charge is 0.126 e.